The van der Waals surface area contributed by atoms with Crippen LogP contribution in [0, 0.1) is 0 Å². The molecule has 0 aromatic carbocycles. The van der Waals surface area contributed by atoms with Gasteiger partial charge in [-0.25, -0.2) is 0 Å². The lowest BCUT2D eigenvalue weighted by molar-refractivity contribution is -0.0340. The SMILES string of the molecule is C[B][C@H]1CC(O)[C@@H](COCC)O1.C[B][C@H]1CC(OCC)[C@@H](CO)O1. The standard InChI is InChI=1S/2C8H16BO3/c1-3-11-5-7-6(10)4-8(9-2)12-7;1-3-11-6-4-8(9-2)12-7(6)5-10/h2*6-8,10H,3-5H2,1-2H3/t2*6?,7-,8-/m11/s1. The molecule has 0 bridgehead atoms. The highest BCUT2D eigenvalue weighted by molar-refractivity contribution is 6.35. The van der Waals surface area contributed by atoms with Crippen molar-refractivity contribution in [1.82, 2.24) is 0 Å². The number of hydrogen-bond acceptors (Lipinski definition) is 6. The van der Waals surface area contributed by atoms with Gasteiger partial charge in [0.25, 0.3) is 0 Å². The van der Waals surface area contributed by atoms with Crippen LogP contribution in [-0.2, 0) is 18.9 Å². The Morgan fingerprint density at radius 3 is 2.12 bits per heavy atom. The summed E-state index contributed by atoms with van der Waals surface area (Å²) < 4.78 is 21.6. The predicted molar refractivity (Wildman–Crippen MR) is 94.8 cm³/mol. The monoisotopic (exact) mass is 342 g/mol. The molecule has 2 rings (SSSR count). The van der Waals surface area contributed by atoms with Gasteiger partial charge in [-0.15, -0.1) is 0 Å². The fraction of sp³-hybridized carbons (Fsp3) is 1.00. The van der Waals surface area contributed by atoms with E-state index in [4.69, 9.17) is 24.1 Å². The smallest absolute Gasteiger partial charge is 0.146 e. The van der Waals surface area contributed by atoms with Crippen LogP contribution in [-0.4, -0.2) is 87.6 Å². The molecule has 0 aliphatic carbocycles. The molecule has 0 aromatic heterocycles. The first kappa shape index (κ1) is 21.9. The molecule has 138 valence electrons. The third kappa shape index (κ3) is 7.02. The fourth-order valence-electron chi connectivity index (χ4n) is 2.87. The average Bonchev–Trinajstić information content (AvgIpc) is 3.16. The fourth-order valence-corrected chi connectivity index (χ4v) is 2.87. The van der Waals surface area contributed by atoms with Crippen LogP contribution >= 0.6 is 0 Å². The summed E-state index contributed by atoms with van der Waals surface area (Å²) in [5.41, 5.74) is 0. The maximum absolute atomic E-state index is 9.49. The second kappa shape index (κ2) is 12.3. The minimum Gasteiger partial charge on any atom is -0.394 e. The lowest BCUT2D eigenvalue weighted by Crippen LogP contribution is -2.27. The van der Waals surface area contributed by atoms with Gasteiger partial charge in [0.05, 0.1) is 25.4 Å². The van der Waals surface area contributed by atoms with Gasteiger partial charge in [0, 0.05) is 25.2 Å². The lowest BCUT2D eigenvalue weighted by atomic mass is 9.73. The van der Waals surface area contributed by atoms with E-state index in [1.165, 1.54) is 0 Å². The predicted octanol–water partition coefficient (Wildman–Crippen LogP) is 0.502. The molecule has 6 atom stereocenters. The molecule has 24 heavy (non-hydrogen) atoms. The van der Waals surface area contributed by atoms with E-state index in [0.717, 1.165) is 6.42 Å². The normalized spacial score (nSPS) is 35.4. The molecule has 0 amide bonds. The summed E-state index contributed by atoms with van der Waals surface area (Å²) in [7, 11) is 3.97. The van der Waals surface area contributed by atoms with Crippen LogP contribution in [0.5, 0.6) is 0 Å². The summed E-state index contributed by atoms with van der Waals surface area (Å²) >= 11 is 0. The van der Waals surface area contributed by atoms with Crippen LogP contribution in [0.2, 0.25) is 13.6 Å². The van der Waals surface area contributed by atoms with Crippen LogP contribution < -0.4 is 0 Å². The quantitative estimate of drug-likeness (QED) is 0.626. The highest BCUT2D eigenvalue weighted by Crippen LogP contribution is 2.22. The van der Waals surface area contributed by atoms with Gasteiger partial charge in [-0.2, -0.15) is 0 Å². The Balaban J connectivity index is 0.000000240. The van der Waals surface area contributed by atoms with E-state index in [0.29, 0.717) is 26.2 Å². The summed E-state index contributed by atoms with van der Waals surface area (Å²) in [5.74, 6) is 0. The Morgan fingerprint density at radius 2 is 1.62 bits per heavy atom. The minimum atomic E-state index is -0.363. The van der Waals surface area contributed by atoms with Gasteiger partial charge in [0.2, 0.25) is 0 Å². The molecule has 0 spiro atoms. The van der Waals surface area contributed by atoms with E-state index >= 15 is 0 Å². The molecule has 2 unspecified atom stereocenters. The molecule has 2 heterocycles. The zero-order valence-electron chi connectivity index (χ0n) is 15.4. The number of ether oxygens (including phenoxy) is 4. The molecular weight excluding hydrogens is 310 g/mol. The topological polar surface area (TPSA) is 77.4 Å². The zero-order valence-corrected chi connectivity index (χ0v) is 15.4. The number of aliphatic hydroxyl groups is 2. The van der Waals surface area contributed by atoms with Gasteiger partial charge in [0.15, 0.2) is 0 Å². The van der Waals surface area contributed by atoms with Gasteiger partial charge < -0.3 is 29.2 Å². The third-order valence-electron chi connectivity index (χ3n) is 4.27. The van der Waals surface area contributed by atoms with Gasteiger partial charge in [-0.3, -0.25) is 0 Å². The molecule has 0 aromatic rings. The van der Waals surface area contributed by atoms with E-state index in [1.54, 1.807) is 0 Å². The number of rotatable bonds is 8. The van der Waals surface area contributed by atoms with Crippen molar-refractivity contribution in [2.45, 2.75) is 76.8 Å². The summed E-state index contributed by atoms with van der Waals surface area (Å²) in [6.07, 6.45) is 1.01. The van der Waals surface area contributed by atoms with Crippen molar-refractivity contribution >= 4 is 14.6 Å². The van der Waals surface area contributed by atoms with E-state index in [-0.39, 0.29) is 43.0 Å². The van der Waals surface area contributed by atoms with Crippen LogP contribution in [0.1, 0.15) is 26.7 Å². The second-order valence-corrected chi connectivity index (χ2v) is 5.97. The molecule has 2 N–H and O–H groups in total. The van der Waals surface area contributed by atoms with Crippen molar-refractivity contribution < 1.29 is 29.2 Å². The molecule has 0 saturated carbocycles. The van der Waals surface area contributed by atoms with E-state index in [1.807, 2.05) is 42.1 Å². The van der Waals surface area contributed by atoms with E-state index in [9.17, 15) is 5.11 Å². The Hall–Kier alpha value is -0.110. The Labute approximate surface area is 147 Å². The summed E-state index contributed by atoms with van der Waals surface area (Å²) in [6.45, 7) is 9.71. The molecule has 2 aliphatic rings. The van der Waals surface area contributed by atoms with Crippen LogP contribution in [0.15, 0.2) is 0 Å². The summed E-state index contributed by atoms with van der Waals surface area (Å²) in [6, 6.07) is 0.254. The molecule has 2 aliphatic heterocycles. The van der Waals surface area contributed by atoms with Crippen molar-refractivity contribution in [2.75, 3.05) is 26.4 Å². The maximum Gasteiger partial charge on any atom is 0.146 e. The van der Waals surface area contributed by atoms with E-state index in [2.05, 4.69) is 0 Å². The first-order valence-corrected chi connectivity index (χ1v) is 8.97. The minimum absolute atomic E-state index is 0.0506. The first-order chi connectivity index (χ1) is 11.6. The first-order valence-electron chi connectivity index (χ1n) is 8.97. The number of hydrogen-bond donors (Lipinski definition) is 2. The Bertz CT molecular complexity index is 323. The number of aliphatic hydroxyl groups excluding tert-OH is 2. The van der Waals surface area contributed by atoms with Gasteiger partial charge in [-0.1, -0.05) is 13.6 Å². The van der Waals surface area contributed by atoms with Crippen molar-refractivity contribution in [1.29, 1.82) is 0 Å². The van der Waals surface area contributed by atoms with Crippen LogP contribution in [0.4, 0.5) is 0 Å². The van der Waals surface area contributed by atoms with E-state index < -0.39 is 0 Å². The maximum atomic E-state index is 9.49. The Morgan fingerprint density at radius 1 is 1.00 bits per heavy atom. The third-order valence-corrected chi connectivity index (χ3v) is 4.27. The van der Waals surface area contributed by atoms with Gasteiger partial charge in [-0.05, 0) is 26.7 Å². The lowest BCUT2D eigenvalue weighted by Gasteiger charge is -2.15. The molecule has 2 fully saturated rings. The average molecular weight is 342 g/mol. The van der Waals surface area contributed by atoms with Crippen LogP contribution in [0.3, 0.4) is 0 Å². The van der Waals surface area contributed by atoms with Gasteiger partial charge >= 0.3 is 0 Å². The van der Waals surface area contributed by atoms with Crippen molar-refractivity contribution in [3.63, 3.8) is 0 Å². The molecule has 6 nitrogen and oxygen atoms in total. The molecular formula is C16H32B2O6. The summed E-state index contributed by atoms with van der Waals surface area (Å²) in [4.78, 5) is 0. The highest BCUT2D eigenvalue weighted by Gasteiger charge is 2.34. The van der Waals surface area contributed by atoms with Crippen LogP contribution in [0.25, 0.3) is 0 Å². The summed E-state index contributed by atoms with van der Waals surface area (Å²) in [5, 5.41) is 18.4. The second-order valence-electron chi connectivity index (χ2n) is 5.97. The largest absolute Gasteiger partial charge is 0.394 e. The van der Waals surface area contributed by atoms with Crippen molar-refractivity contribution in [3.05, 3.63) is 0 Å². The zero-order chi connectivity index (χ0) is 17.9. The van der Waals surface area contributed by atoms with Gasteiger partial charge in [0.1, 0.15) is 26.8 Å². The highest BCUT2D eigenvalue weighted by atomic mass is 16.6. The molecule has 2 saturated heterocycles. The Kier molecular flexibility index (Phi) is 11.2. The van der Waals surface area contributed by atoms with Crippen molar-refractivity contribution in [2.24, 2.45) is 0 Å². The van der Waals surface area contributed by atoms with Crippen molar-refractivity contribution in [3.8, 4) is 0 Å². The molecule has 2 radical (unpaired) electrons. The molecule has 8 heteroatoms.